The zero-order valence-corrected chi connectivity index (χ0v) is 17.1. The van der Waals surface area contributed by atoms with Crippen molar-refractivity contribution >= 4 is 38.9 Å². The normalized spacial score (nSPS) is 17.1. The second-order valence-corrected chi connectivity index (χ2v) is 9.67. The Hall–Kier alpha value is -2.95. The number of sulfonamides is 1. The number of rotatable bonds is 6. The van der Waals surface area contributed by atoms with E-state index in [2.05, 4.69) is 4.98 Å². The predicted octanol–water partition coefficient (Wildman–Crippen LogP) is 2.81. The Bertz CT molecular complexity index is 1170. The van der Waals surface area contributed by atoms with Gasteiger partial charge in [0.2, 0.25) is 5.91 Å². The van der Waals surface area contributed by atoms with Crippen LogP contribution in [0.25, 0.3) is 0 Å². The van der Waals surface area contributed by atoms with Crippen LogP contribution in [0.1, 0.15) is 12.0 Å². The van der Waals surface area contributed by atoms with Crippen molar-refractivity contribution in [2.45, 2.75) is 23.2 Å². The minimum atomic E-state index is -4.04. The fourth-order valence-electron chi connectivity index (χ4n) is 3.26. The monoisotopic (exact) mass is 445 g/mol. The Kier molecular flexibility index (Phi) is 5.46. The van der Waals surface area contributed by atoms with Crippen LogP contribution in [0.2, 0.25) is 0 Å². The van der Waals surface area contributed by atoms with Crippen LogP contribution in [0.4, 0.5) is 10.1 Å². The van der Waals surface area contributed by atoms with Gasteiger partial charge in [-0.1, -0.05) is 12.1 Å². The number of pyridine rings is 1. The maximum Gasteiger partial charge on any atom is 0.253 e. The minimum absolute atomic E-state index is 0.0758. The number of amides is 2. The predicted molar refractivity (Wildman–Crippen MR) is 109 cm³/mol. The summed E-state index contributed by atoms with van der Waals surface area (Å²) < 4.78 is 41.0. The molecule has 7 nitrogen and oxygen atoms in total. The molecule has 0 spiro atoms. The lowest BCUT2D eigenvalue weighted by atomic mass is 10.2. The summed E-state index contributed by atoms with van der Waals surface area (Å²) >= 11 is 1.03. The summed E-state index contributed by atoms with van der Waals surface area (Å²) in [4.78, 5) is 30.7. The van der Waals surface area contributed by atoms with Crippen LogP contribution >= 0.6 is 11.3 Å². The first-order valence-corrected chi connectivity index (χ1v) is 11.3. The molecule has 0 N–H and O–H groups in total. The summed E-state index contributed by atoms with van der Waals surface area (Å²) in [5.41, 5.74) is 0.780. The first kappa shape index (κ1) is 20.3. The van der Waals surface area contributed by atoms with Crippen LogP contribution < -0.4 is 4.90 Å². The lowest BCUT2D eigenvalue weighted by Gasteiger charge is -2.26. The van der Waals surface area contributed by atoms with E-state index >= 15 is 0 Å². The molecule has 1 aliphatic rings. The summed E-state index contributed by atoms with van der Waals surface area (Å²) in [5, 5.41) is 1.63. The van der Waals surface area contributed by atoms with E-state index in [1.165, 1.54) is 24.4 Å². The summed E-state index contributed by atoms with van der Waals surface area (Å²) in [6.45, 7) is -0.116. The molecule has 2 amide bonds. The Morgan fingerprint density at radius 1 is 1.13 bits per heavy atom. The molecule has 1 aromatic carbocycles. The van der Waals surface area contributed by atoms with Gasteiger partial charge in [0.15, 0.2) is 0 Å². The summed E-state index contributed by atoms with van der Waals surface area (Å²) in [6.07, 6.45) is 2.76. The van der Waals surface area contributed by atoms with Crippen molar-refractivity contribution in [2.75, 3.05) is 4.90 Å². The molecular formula is C20H16FN3O4S2. The van der Waals surface area contributed by atoms with Crippen LogP contribution in [0.15, 0.2) is 70.5 Å². The highest BCUT2D eigenvalue weighted by Gasteiger charge is 2.47. The van der Waals surface area contributed by atoms with Crippen molar-refractivity contribution in [1.82, 2.24) is 9.29 Å². The van der Waals surface area contributed by atoms with Crippen LogP contribution in [0.5, 0.6) is 0 Å². The van der Waals surface area contributed by atoms with E-state index in [9.17, 15) is 22.4 Å². The standard InChI is InChI=1S/C20H16FN3O4S2/c21-15-5-7-16(8-6-15)24-18(25)11-17(20(24)26)23(13-14-3-1-9-22-12-14)30(27,28)19-4-2-10-29-19/h1-10,12,17H,11,13H2. The summed E-state index contributed by atoms with van der Waals surface area (Å²) in [5.74, 6) is -1.72. The zero-order chi connectivity index (χ0) is 21.3. The number of thiophene rings is 1. The third-order valence-electron chi connectivity index (χ3n) is 4.67. The van der Waals surface area contributed by atoms with Crippen molar-refractivity contribution in [3.8, 4) is 0 Å². The summed E-state index contributed by atoms with van der Waals surface area (Å²) in [7, 11) is -4.04. The van der Waals surface area contributed by atoms with Crippen LogP contribution in [0.3, 0.4) is 0 Å². The molecule has 1 unspecified atom stereocenters. The van der Waals surface area contributed by atoms with E-state index in [-0.39, 0.29) is 22.9 Å². The Labute approximate surface area is 176 Å². The molecular weight excluding hydrogens is 429 g/mol. The molecule has 1 atom stereocenters. The van der Waals surface area contributed by atoms with Crippen molar-refractivity contribution < 1.29 is 22.4 Å². The number of hydrogen-bond acceptors (Lipinski definition) is 6. The molecule has 0 saturated carbocycles. The van der Waals surface area contributed by atoms with Gasteiger partial charge in [-0.3, -0.25) is 14.6 Å². The van der Waals surface area contributed by atoms with E-state index in [1.54, 1.807) is 29.8 Å². The molecule has 4 rings (SSSR count). The minimum Gasteiger partial charge on any atom is -0.274 e. The molecule has 1 aliphatic heterocycles. The molecule has 1 fully saturated rings. The molecule has 2 aromatic heterocycles. The quantitative estimate of drug-likeness (QED) is 0.545. The van der Waals surface area contributed by atoms with Crippen molar-refractivity contribution in [1.29, 1.82) is 0 Å². The highest BCUT2D eigenvalue weighted by molar-refractivity contribution is 7.91. The van der Waals surface area contributed by atoms with Gasteiger partial charge < -0.3 is 0 Å². The molecule has 0 radical (unpaired) electrons. The molecule has 154 valence electrons. The van der Waals surface area contributed by atoms with Crippen molar-refractivity contribution in [3.05, 3.63) is 77.7 Å². The van der Waals surface area contributed by atoms with Crippen molar-refractivity contribution in [3.63, 3.8) is 0 Å². The number of imide groups is 1. The average molecular weight is 445 g/mol. The lowest BCUT2D eigenvalue weighted by molar-refractivity contribution is -0.122. The second-order valence-electron chi connectivity index (χ2n) is 6.61. The fraction of sp³-hybridized carbons (Fsp3) is 0.150. The van der Waals surface area contributed by atoms with E-state index in [1.807, 2.05) is 0 Å². The van der Waals surface area contributed by atoms with Gasteiger partial charge in [0.05, 0.1) is 12.1 Å². The van der Waals surface area contributed by atoms with Crippen LogP contribution in [-0.4, -0.2) is 35.6 Å². The molecule has 10 heteroatoms. The first-order chi connectivity index (χ1) is 14.4. The van der Waals surface area contributed by atoms with E-state index in [4.69, 9.17) is 0 Å². The Morgan fingerprint density at radius 3 is 2.53 bits per heavy atom. The highest BCUT2D eigenvalue weighted by atomic mass is 32.2. The average Bonchev–Trinajstić information content (AvgIpc) is 3.37. The molecule has 1 saturated heterocycles. The number of anilines is 1. The largest absolute Gasteiger partial charge is 0.274 e. The van der Waals surface area contributed by atoms with Gasteiger partial charge in [0.1, 0.15) is 16.1 Å². The smallest absolute Gasteiger partial charge is 0.253 e. The lowest BCUT2D eigenvalue weighted by Crippen LogP contribution is -2.44. The first-order valence-electron chi connectivity index (χ1n) is 8.94. The molecule has 3 heterocycles. The topological polar surface area (TPSA) is 87.6 Å². The van der Waals surface area contributed by atoms with Gasteiger partial charge in [-0.15, -0.1) is 11.3 Å². The maximum atomic E-state index is 13.3. The van der Waals surface area contributed by atoms with Crippen molar-refractivity contribution in [2.24, 2.45) is 0 Å². The number of hydrogen-bond donors (Lipinski definition) is 0. The number of benzene rings is 1. The SMILES string of the molecule is O=C1CC(N(Cc2cccnc2)S(=O)(=O)c2cccs2)C(=O)N1c1ccc(F)cc1. The van der Waals surface area contributed by atoms with Gasteiger partial charge >= 0.3 is 0 Å². The Balaban J connectivity index is 1.73. The number of aromatic nitrogens is 1. The van der Waals surface area contributed by atoms with Gasteiger partial charge in [0, 0.05) is 18.9 Å². The third kappa shape index (κ3) is 3.76. The number of halogens is 1. The molecule has 0 aliphatic carbocycles. The number of nitrogens with zero attached hydrogens (tertiary/aromatic N) is 3. The van der Waals surface area contributed by atoms with Crippen LogP contribution in [-0.2, 0) is 26.2 Å². The Morgan fingerprint density at radius 2 is 1.90 bits per heavy atom. The van der Waals surface area contributed by atoms with E-state index in [0.29, 0.717) is 5.56 Å². The van der Waals surface area contributed by atoms with Gasteiger partial charge in [-0.2, -0.15) is 4.31 Å². The summed E-state index contributed by atoms with van der Waals surface area (Å²) in [6, 6.07) is 10.1. The fourth-order valence-corrected chi connectivity index (χ4v) is 5.95. The second kappa shape index (κ2) is 8.05. The maximum absolute atomic E-state index is 13.3. The molecule has 0 bridgehead atoms. The van der Waals surface area contributed by atoms with Gasteiger partial charge in [-0.05, 0) is 47.3 Å². The van der Waals surface area contributed by atoms with E-state index < -0.39 is 33.7 Å². The molecule has 30 heavy (non-hydrogen) atoms. The van der Waals surface area contributed by atoms with Gasteiger partial charge in [0.25, 0.3) is 15.9 Å². The van der Waals surface area contributed by atoms with Crippen LogP contribution in [0, 0.1) is 5.82 Å². The highest BCUT2D eigenvalue weighted by Crippen LogP contribution is 2.31. The molecule has 3 aromatic rings. The number of carbonyl (C=O) groups excluding carboxylic acids is 2. The third-order valence-corrected chi connectivity index (χ3v) is 7.90. The van der Waals surface area contributed by atoms with E-state index in [0.717, 1.165) is 32.7 Å². The number of carbonyl (C=O) groups is 2. The zero-order valence-electron chi connectivity index (χ0n) is 15.5. The van der Waals surface area contributed by atoms with Gasteiger partial charge in [-0.25, -0.2) is 17.7 Å².